The first kappa shape index (κ1) is 30.8. The zero-order chi connectivity index (χ0) is 33.8. The molecule has 0 saturated carbocycles. The highest BCUT2D eigenvalue weighted by Crippen LogP contribution is 2.36. The summed E-state index contributed by atoms with van der Waals surface area (Å²) in [4.78, 5) is 5.08. The van der Waals surface area contributed by atoms with Gasteiger partial charge in [-0.25, -0.2) is 4.98 Å². The summed E-state index contributed by atoms with van der Waals surface area (Å²) < 4.78 is 0. The van der Waals surface area contributed by atoms with Gasteiger partial charge in [-0.2, -0.15) is 0 Å². The second-order valence-electron chi connectivity index (χ2n) is 14.0. The first-order chi connectivity index (χ1) is 23.7. The van der Waals surface area contributed by atoms with Crippen molar-refractivity contribution in [1.82, 2.24) is 4.98 Å². The van der Waals surface area contributed by atoms with Gasteiger partial charge in [0.2, 0.25) is 6.71 Å². The van der Waals surface area contributed by atoms with Crippen molar-refractivity contribution in [3.05, 3.63) is 167 Å². The maximum Gasteiger partial charge on any atom is 0.242 e. The maximum absolute atomic E-state index is 5.08. The van der Waals surface area contributed by atoms with E-state index >= 15 is 0 Å². The number of benzene rings is 7. The van der Waals surface area contributed by atoms with Crippen LogP contribution in [0.15, 0.2) is 133 Å². The van der Waals surface area contributed by atoms with Gasteiger partial charge in [-0.1, -0.05) is 165 Å². The van der Waals surface area contributed by atoms with Crippen molar-refractivity contribution in [1.29, 1.82) is 0 Å². The molecule has 0 fully saturated rings. The van der Waals surface area contributed by atoms with E-state index in [-0.39, 0.29) is 6.71 Å². The van der Waals surface area contributed by atoms with Gasteiger partial charge in [-0.3, -0.25) is 0 Å². The molecule has 49 heavy (non-hydrogen) atoms. The molecule has 0 bridgehead atoms. The van der Waals surface area contributed by atoms with E-state index in [2.05, 4.69) is 175 Å². The quantitative estimate of drug-likeness (QED) is 0.105. The van der Waals surface area contributed by atoms with Gasteiger partial charge in [0.15, 0.2) is 0 Å². The summed E-state index contributed by atoms with van der Waals surface area (Å²) in [7, 11) is 0. The fraction of sp³-hybridized carbons (Fsp3) is 0.128. The van der Waals surface area contributed by atoms with Crippen molar-refractivity contribution >= 4 is 55.7 Å². The van der Waals surface area contributed by atoms with E-state index in [4.69, 9.17) is 4.98 Å². The lowest BCUT2D eigenvalue weighted by molar-refractivity contribution is 1.34. The first-order valence-corrected chi connectivity index (χ1v) is 17.3. The lowest BCUT2D eigenvalue weighted by atomic mass is 9.34. The summed E-state index contributed by atoms with van der Waals surface area (Å²) in [5, 5.41) is 4.75. The molecule has 7 aromatic carbocycles. The third kappa shape index (κ3) is 5.52. The molecule has 236 valence electrons. The number of pyridine rings is 1. The van der Waals surface area contributed by atoms with Crippen LogP contribution in [0.5, 0.6) is 0 Å². The van der Waals surface area contributed by atoms with E-state index in [1.54, 1.807) is 0 Å². The highest BCUT2D eigenvalue weighted by atomic mass is 14.7. The molecule has 0 N–H and O–H groups in total. The third-order valence-electron chi connectivity index (χ3n) is 10.4. The number of aromatic nitrogens is 1. The van der Waals surface area contributed by atoms with Crippen LogP contribution in [-0.4, -0.2) is 11.7 Å². The van der Waals surface area contributed by atoms with Gasteiger partial charge in [0.1, 0.15) is 0 Å². The minimum absolute atomic E-state index is 0.172. The number of nitrogens with zero attached hydrogens (tertiary/aromatic N) is 1. The molecule has 0 amide bonds. The summed E-state index contributed by atoms with van der Waals surface area (Å²) >= 11 is 0. The van der Waals surface area contributed by atoms with E-state index in [9.17, 15) is 0 Å². The smallest absolute Gasteiger partial charge is 0.242 e. The Morgan fingerprint density at radius 3 is 1.51 bits per heavy atom. The van der Waals surface area contributed by atoms with Crippen molar-refractivity contribution in [2.45, 2.75) is 41.5 Å². The SMILES string of the molecule is Cc1cc(C)c(B(c2ccc(-c3ccc(-c4cc5cc6ccccc6nc5c5ccccc45)cc3)cc2)c2c(C)cc(C)cc2C)c(C)c1. The molecule has 8 aromatic rings. The molecule has 0 spiro atoms. The normalized spacial score (nSPS) is 11.5. The number of para-hydroxylation sites is 1. The Morgan fingerprint density at radius 1 is 0.429 bits per heavy atom. The molecule has 1 heterocycles. The number of aryl methyl sites for hydroxylation is 6. The zero-order valence-electron chi connectivity index (χ0n) is 29.2. The van der Waals surface area contributed by atoms with E-state index in [1.807, 2.05) is 0 Å². The third-order valence-corrected chi connectivity index (χ3v) is 10.4. The van der Waals surface area contributed by atoms with Crippen molar-refractivity contribution in [2.24, 2.45) is 0 Å². The molecule has 0 aliphatic rings. The number of hydrogen-bond acceptors (Lipinski definition) is 1. The van der Waals surface area contributed by atoms with E-state index in [1.165, 1.54) is 88.2 Å². The molecular formula is C47H40BN. The van der Waals surface area contributed by atoms with Gasteiger partial charge in [-0.15, -0.1) is 0 Å². The van der Waals surface area contributed by atoms with Gasteiger partial charge in [0.05, 0.1) is 11.0 Å². The van der Waals surface area contributed by atoms with Crippen LogP contribution in [0.25, 0.3) is 54.8 Å². The lowest BCUT2D eigenvalue weighted by Gasteiger charge is -2.24. The molecule has 0 saturated heterocycles. The Hall–Kier alpha value is -5.47. The largest absolute Gasteiger partial charge is 0.247 e. The standard InChI is InChI=1S/C47H40BN/c1-29-23-31(3)45(32(4)24-29)48(46-33(5)25-30(2)26-34(46)6)40-21-19-36(20-22-40)35-15-17-37(18-16-35)43-28-39-27-38-11-7-10-14-44(38)49-47(39)42-13-9-8-12-41(42)43/h7-28H,1-6H3. The van der Waals surface area contributed by atoms with Crippen LogP contribution in [0, 0.1) is 41.5 Å². The zero-order valence-corrected chi connectivity index (χ0v) is 29.2. The fourth-order valence-corrected chi connectivity index (χ4v) is 8.34. The summed E-state index contributed by atoms with van der Waals surface area (Å²) in [5.41, 5.74) is 19.2. The average Bonchev–Trinajstić information content (AvgIpc) is 3.09. The number of hydrogen-bond donors (Lipinski definition) is 0. The fourth-order valence-electron chi connectivity index (χ4n) is 8.34. The maximum atomic E-state index is 5.08. The van der Waals surface area contributed by atoms with Gasteiger partial charge in [-0.05, 0) is 87.4 Å². The second kappa shape index (κ2) is 12.2. The Labute approximate surface area is 290 Å². The second-order valence-corrected chi connectivity index (χ2v) is 14.0. The predicted octanol–water partition coefficient (Wildman–Crippen LogP) is 10.2. The van der Waals surface area contributed by atoms with Crippen LogP contribution in [0.3, 0.4) is 0 Å². The molecule has 0 aliphatic heterocycles. The van der Waals surface area contributed by atoms with E-state index in [0.717, 1.165) is 16.4 Å². The molecular weight excluding hydrogens is 589 g/mol. The van der Waals surface area contributed by atoms with Crippen LogP contribution in [0.2, 0.25) is 0 Å². The summed E-state index contributed by atoms with van der Waals surface area (Å²) in [6, 6.07) is 49.3. The van der Waals surface area contributed by atoms with Gasteiger partial charge >= 0.3 is 0 Å². The highest BCUT2D eigenvalue weighted by molar-refractivity contribution is 6.96. The van der Waals surface area contributed by atoms with Crippen LogP contribution >= 0.6 is 0 Å². The van der Waals surface area contributed by atoms with Gasteiger partial charge in [0, 0.05) is 16.2 Å². The molecule has 0 radical (unpaired) electrons. The number of fused-ring (bicyclic) bond motifs is 4. The van der Waals surface area contributed by atoms with E-state index < -0.39 is 0 Å². The molecule has 1 nitrogen and oxygen atoms in total. The molecule has 1 aromatic heterocycles. The molecule has 0 aliphatic carbocycles. The summed E-state index contributed by atoms with van der Waals surface area (Å²) in [6.07, 6.45) is 0. The number of rotatable bonds is 5. The molecule has 2 heteroatoms. The lowest BCUT2D eigenvalue weighted by Crippen LogP contribution is -2.55. The first-order valence-electron chi connectivity index (χ1n) is 17.3. The average molecular weight is 630 g/mol. The minimum atomic E-state index is 0.172. The predicted molar refractivity (Wildman–Crippen MR) is 214 cm³/mol. The topological polar surface area (TPSA) is 12.9 Å². The van der Waals surface area contributed by atoms with Crippen molar-refractivity contribution in [2.75, 3.05) is 0 Å². The Bertz CT molecular complexity index is 2440. The highest BCUT2D eigenvalue weighted by Gasteiger charge is 2.28. The molecule has 0 unspecified atom stereocenters. The van der Waals surface area contributed by atoms with Crippen LogP contribution < -0.4 is 16.4 Å². The molecule has 0 atom stereocenters. The molecule has 8 rings (SSSR count). The van der Waals surface area contributed by atoms with Crippen molar-refractivity contribution in [3.8, 4) is 22.3 Å². The Kier molecular flexibility index (Phi) is 7.68. The monoisotopic (exact) mass is 629 g/mol. The summed E-state index contributed by atoms with van der Waals surface area (Å²) in [5.74, 6) is 0. The Balaban J connectivity index is 1.19. The van der Waals surface area contributed by atoms with Crippen LogP contribution in [0.4, 0.5) is 0 Å². The Morgan fingerprint density at radius 2 is 0.918 bits per heavy atom. The minimum Gasteiger partial charge on any atom is -0.247 e. The summed E-state index contributed by atoms with van der Waals surface area (Å²) in [6.45, 7) is 13.7. The van der Waals surface area contributed by atoms with Gasteiger partial charge < -0.3 is 0 Å². The van der Waals surface area contributed by atoms with Crippen molar-refractivity contribution < 1.29 is 0 Å². The van der Waals surface area contributed by atoms with E-state index in [0.29, 0.717) is 0 Å². The van der Waals surface area contributed by atoms with Gasteiger partial charge in [0.25, 0.3) is 0 Å². The van der Waals surface area contributed by atoms with Crippen molar-refractivity contribution in [3.63, 3.8) is 0 Å². The van der Waals surface area contributed by atoms with Crippen LogP contribution in [-0.2, 0) is 0 Å². The van der Waals surface area contributed by atoms with Crippen LogP contribution in [0.1, 0.15) is 33.4 Å².